The van der Waals surface area contributed by atoms with Crippen LogP contribution in [0.25, 0.3) is 10.2 Å². The van der Waals surface area contributed by atoms with Crippen LogP contribution in [0.15, 0.2) is 23.7 Å². The highest BCUT2D eigenvalue weighted by Gasteiger charge is 2.22. The van der Waals surface area contributed by atoms with E-state index in [-0.39, 0.29) is 18.6 Å². The molecule has 2 rings (SSSR count). The largest absolute Gasteiger partial charge is 0.395 e. The van der Waals surface area contributed by atoms with Gasteiger partial charge in [0.2, 0.25) is 0 Å². The van der Waals surface area contributed by atoms with Crippen LogP contribution >= 0.6 is 11.3 Å². The summed E-state index contributed by atoms with van der Waals surface area (Å²) in [5.74, 6) is -0.0111. The molecule has 5 heteroatoms. The van der Waals surface area contributed by atoms with Gasteiger partial charge in [-0.3, -0.25) is 4.79 Å². The van der Waals surface area contributed by atoms with Gasteiger partial charge in [-0.2, -0.15) is 0 Å². The van der Waals surface area contributed by atoms with Gasteiger partial charge >= 0.3 is 0 Å². The molecule has 0 unspecified atom stereocenters. The number of fused-ring (bicyclic) bond motifs is 1. The van der Waals surface area contributed by atoms with Gasteiger partial charge < -0.3 is 10.0 Å². The Labute approximate surface area is 123 Å². The Morgan fingerprint density at radius 3 is 2.80 bits per heavy atom. The zero-order chi connectivity index (χ0) is 14.5. The number of hydrogen-bond donors (Lipinski definition) is 1. The van der Waals surface area contributed by atoms with E-state index in [0.717, 1.165) is 23.1 Å². The van der Waals surface area contributed by atoms with Crippen LogP contribution in [0.3, 0.4) is 0 Å². The monoisotopic (exact) mass is 292 g/mol. The number of carbonyl (C=O) groups is 1. The SMILES string of the molecule is CCC(CC)N(CCO)C(=O)c1ccc2ncsc2c1. The average molecular weight is 292 g/mol. The van der Waals surface area contributed by atoms with E-state index in [9.17, 15) is 9.90 Å². The summed E-state index contributed by atoms with van der Waals surface area (Å²) in [6.07, 6.45) is 1.79. The van der Waals surface area contributed by atoms with E-state index in [1.807, 2.05) is 18.2 Å². The highest BCUT2D eigenvalue weighted by Crippen LogP contribution is 2.21. The molecule has 1 amide bonds. The topological polar surface area (TPSA) is 53.4 Å². The second-order valence-electron chi connectivity index (χ2n) is 4.73. The Hall–Kier alpha value is -1.46. The van der Waals surface area contributed by atoms with Gasteiger partial charge in [-0.05, 0) is 31.0 Å². The molecule has 20 heavy (non-hydrogen) atoms. The van der Waals surface area contributed by atoms with Crippen LogP contribution in [0.5, 0.6) is 0 Å². The van der Waals surface area contributed by atoms with Crippen LogP contribution < -0.4 is 0 Å². The molecule has 1 N–H and O–H groups in total. The van der Waals surface area contributed by atoms with Crippen molar-refractivity contribution in [3.63, 3.8) is 0 Å². The first kappa shape index (κ1) is 14.9. The van der Waals surface area contributed by atoms with Crippen molar-refractivity contribution in [1.29, 1.82) is 0 Å². The van der Waals surface area contributed by atoms with Crippen LogP contribution in [0.4, 0.5) is 0 Å². The summed E-state index contributed by atoms with van der Waals surface area (Å²) in [5, 5.41) is 9.21. The van der Waals surface area contributed by atoms with Crippen molar-refractivity contribution < 1.29 is 9.90 Å². The van der Waals surface area contributed by atoms with E-state index in [0.29, 0.717) is 12.1 Å². The molecular weight excluding hydrogens is 272 g/mol. The molecule has 0 saturated carbocycles. The zero-order valence-corrected chi connectivity index (χ0v) is 12.7. The molecule has 0 aliphatic heterocycles. The fourth-order valence-corrected chi connectivity index (χ4v) is 3.16. The van der Waals surface area contributed by atoms with Gasteiger partial charge in [-0.15, -0.1) is 11.3 Å². The van der Waals surface area contributed by atoms with E-state index in [2.05, 4.69) is 18.8 Å². The summed E-state index contributed by atoms with van der Waals surface area (Å²) in [7, 11) is 0. The summed E-state index contributed by atoms with van der Waals surface area (Å²) in [4.78, 5) is 18.7. The van der Waals surface area contributed by atoms with Crippen LogP contribution in [0, 0.1) is 0 Å². The molecule has 2 aromatic rings. The summed E-state index contributed by atoms with van der Waals surface area (Å²) in [6.45, 7) is 4.51. The van der Waals surface area contributed by atoms with Crippen molar-refractivity contribution in [2.24, 2.45) is 0 Å². The van der Waals surface area contributed by atoms with Gasteiger partial charge in [0.25, 0.3) is 5.91 Å². The number of carbonyl (C=O) groups excluding carboxylic acids is 1. The molecule has 0 radical (unpaired) electrons. The molecule has 0 atom stereocenters. The van der Waals surface area contributed by atoms with Crippen molar-refractivity contribution in [3.8, 4) is 0 Å². The minimum atomic E-state index is -0.0111. The van der Waals surface area contributed by atoms with Gasteiger partial charge in [0.05, 0.1) is 22.3 Å². The summed E-state index contributed by atoms with van der Waals surface area (Å²) >= 11 is 1.53. The van der Waals surface area contributed by atoms with Gasteiger partial charge in [0.1, 0.15) is 0 Å². The minimum absolute atomic E-state index is 0.00889. The highest BCUT2D eigenvalue weighted by atomic mass is 32.1. The molecule has 1 heterocycles. The van der Waals surface area contributed by atoms with E-state index < -0.39 is 0 Å². The third kappa shape index (κ3) is 2.99. The Morgan fingerprint density at radius 2 is 2.15 bits per heavy atom. The van der Waals surface area contributed by atoms with Gasteiger partial charge in [-0.1, -0.05) is 13.8 Å². The number of hydrogen-bond acceptors (Lipinski definition) is 4. The van der Waals surface area contributed by atoms with E-state index in [1.165, 1.54) is 11.3 Å². The number of benzene rings is 1. The molecule has 0 bridgehead atoms. The van der Waals surface area contributed by atoms with Crippen molar-refractivity contribution in [1.82, 2.24) is 9.88 Å². The molecular formula is C15H20N2O2S. The molecule has 1 aromatic heterocycles. The molecule has 108 valence electrons. The lowest BCUT2D eigenvalue weighted by Crippen LogP contribution is -2.41. The van der Waals surface area contributed by atoms with E-state index in [1.54, 1.807) is 10.4 Å². The Morgan fingerprint density at radius 1 is 1.40 bits per heavy atom. The third-order valence-corrected chi connectivity index (χ3v) is 4.35. The quantitative estimate of drug-likeness (QED) is 0.890. The number of aliphatic hydroxyl groups excluding tert-OH is 1. The number of thiazole rings is 1. The second-order valence-corrected chi connectivity index (χ2v) is 5.61. The fourth-order valence-electron chi connectivity index (χ4n) is 2.44. The van der Waals surface area contributed by atoms with E-state index >= 15 is 0 Å². The van der Waals surface area contributed by atoms with Crippen LogP contribution in [-0.2, 0) is 0 Å². The maximum atomic E-state index is 12.7. The molecule has 1 aromatic carbocycles. The molecule has 0 aliphatic rings. The van der Waals surface area contributed by atoms with Gasteiger partial charge in [0, 0.05) is 18.2 Å². The maximum absolute atomic E-state index is 12.7. The first-order chi connectivity index (χ1) is 9.71. The number of amides is 1. The summed E-state index contributed by atoms with van der Waals surface area (Å²) in [6, 6.07) is 5.76. The Kier molecular flexibility index (Phi) is 5.09. The average Bonchev–Trinajstić information content (AvgIpc) is 2.94. The molecule has 0 fully saturated rings. The highest BCUT2D eigenvalue weighted by molar-refractivity contribution is 7.16. The molecule has 0 spiro atoms. The fraction of sp³-hybridized carbons (Fsp3) is 0.467. The second kappa shape index (κ2) is 6.81. The number of nitrogens with zero attached hydrogens (tertiary/aromatic N) is 2. The Bertz CT molecular complexity index is 578. The predicted molar refractivity (Wildman–Crippen MR) is 82.1 cm³/mol. The summed E-state index contributed by atoms with van der Waals surface area (Å²) in [5.41, 5.74) is 3.37. The lowest BCUT2D eigenvalue weighted by atomic mass is 10.1. The van der Waals surface area contributed by atoms with Crippen LogP contribution in [-0.4, -0.2) is 40.1 Å². The molecule has 0 aliphatic carbocycles. The first-order valence-electron chi connectivity index (χ1n) is 6.96. The lowest BCUT2D eigenvalue weighted by Gasteiger charge is -2.30. The van der Waals surface area contributed by atoms with Crippen molar-refractivity contribution in [3.05, 3.63) is 29.3 Å². The van der Waals surface area contributed by atoms with Gasteiger partial charge in [-0.25, -0.2) is 4.98 Å². The van der Waals surface area contributed by atoms with Crippen LogP contribution in [0.2, 0.25) is 0 Å². The number of aromatic nitrogens is 1. The zero-order valence-electron chi connectivity index (χ0n) is 11.9. The third-order valence-electron chi connectivity index (χ3n) is 3.56. The summed E-state index contributed by atoms with van der Waals surface area (Å²) < 4.78 is 1.02. The van der Waals surface area contributed by atoms with Crippen molar-refractivity contribution in [2.45, 2.75) is 32.7 Å². The standard InChI is InChI=1S/C15H20N2O2S/c1-3-12(4-2)17(7-8-18)15(19)11-5-6-13-14(9-11)20-10-16-13/h5-6,9-10,12,18H,3-4,7-8H2,1-2H3. The van der Waals surface area contributed by atoms with Crippen molar-refractivity contribution >= 4 is 27.5 Å². The molecule has 4 nitrogen and oxygen atoms in total. The first-order valence-corrected chi connectivity index (χ1v) is 7.84. The van der Waals surface area contributed by atoms with E-state index in [4.69, 9.17) is 0 Å². The smallest absolute Gasteiger partial charge is 0.254 e. The van der Waals surface area contributed by atoms with Crippen molar-refractivity contribution in [2.75, 3.05) is 13.2 Å². The molecule has 0 saturated heterocycles. The Balaban J connectivity index is 2.29. The number of rotatable bonds is 6. The van der Waals surface area contributed by atoms with Crippen LogP contribution in [0.1, 0.15) is 37.0 Å². The lowest BCUT2D eigenvalue weighted by molar-refractivity contribution is 0.0622. The normalized spacial score (nSPS) is 11.2. The maximum Gasteiger partial charge on any atom is 0.254 e. The minimum Gasteiger partial charge on any atom is -0.395 e. The number of aliphatic hydroxyl groups is 1. The predicted octanol–water partition coefficient (Wildman–Crippen LogP) is 2.92. The van der Waals surface area contributed by atoms with Gasteiger partial charge in [0.15, 0.2) is 0 Å².